The Bertz CT molecular complexity index is 1140. The molecule has 0 bridgehead atoms. The van der Waals surface area contributed by atoms with Crippen molar-refractivity contribution < 1.29 is 24.2 Å². The minimum Gasteiger partial charge on any atom is -0.486 e. The van der Waals surface area contributed by atoms with Gasteiger partial charge in [0.25, 0.3) is 11.8 Å². The third-order valence-electron chi connectivity index (χ3n) is 4.41. The average Bonchev–Trinajstić information content (AvgIpc) is 2.74. The molecule has 2 aromatic rings. The Morgan fingerprint density at radius 1 is 1.28 bits per heavy atom. The monoisotopic (exact) mass is 534 g/mol. The predicted octanol–water partition coefficient (Wildman–Crippen LogP) is 4.19. The normalized spacial score (nSPS) is 15.0. The van der Waals surface area contributed by atoms with E-state index in [2.05, 4.69) is 27.8 Å². The first-order valence-corrected chi connectivity index (χ1v) is 10.7. The molecule has 0 radical (unpaired) electrons. The Balaban J connectivity index is 1.81. The van der Waals surface area contributed by atoms with Crippen LogP contribution in [0.5, 0.6) is 5.75 Å². The molecule has 32 heavy (non-hydrogen) atoms. The van der Waals surface area contributed by atoms with Crippen LogP contribution in [0.1, 0.15) is 21.5 Å². The number of rotatable bonds is 7. The molecule has 10 heteroatoms. The molecule has 0 saturated carbocycles. The first kappa shape index (κ1) is 23.6. The molecule has 0 spiro atoms. The summed E-state index contributed by atoms with van der Waals surface area (Å²) >= 11 is 14.8. The number of hydrogen-bond donors (Lipinski definition) is 2. The summed E-state index contributed by atoms with van der Waals surface area (Å²) in [5.74, 6) is -1.77. The van der Waals surface area contributed by atoms with E-state index in [1.54, 1.807) is 24.3 Å². The van der Waals surface area contributed by atoms with Gasteiger partial charge in [-0.05, 0) is 69.6 Å². The molecule has 1 aliphatic rings. The fraction of sp³-hybridized carbons (Fsp3) is 0.0909. The van der Waals surface area contributed by atoms with Crippen molar-refractivity contribution in [1.82, 2.24) is 10.2 Å². The zero-order chi connectivity index (χ0) is 23.4. The lowest BCUT2D eigenvalue weighted by Crippen LogP contribution is -2.53. The summed E-state index contributed by atoms with van der Waals surface area (Å²) < 4.78 is 6.29. The fourth-order valence-corrected chi connectivity index (χ4v) is 4.09. The number of amides is 2. The zero-order valence-corrected chi connectivity index (χ0v) is 19.6. The van der Waals surface area contributed by atoms with Crippen molar-refractivity contribution in [3.8, 4) is 5.75 Å². The number of carboxylic acid groups (broad SMARTS) is 1. The molecule has 7 nitrogen and oxygen atoms in total. The van der Waals surface area contributed by atoms with Crippen LogP contribution in [0.2, 0.25) is 5.02 Å². The van der Waals surface area contributed by atoms with Gasteiger partial charge >= 0.3 is 5.97 Å². The summed E-state index contributed by atoms with van der Waals surface area (Å²) in [6.45, 7) is 3.91. The molecule has 1 aliphatic heterocycles. The molecule has 0 aromatic heterocycles. The SMILES string of the molecule is C=CCN1C(=O)/C(=C/c2cc(Cl)c(OCc3ccc(C(=O)O)cc3)c(Br)c2)C(=O)NC1=S. The molecule has 2 aromatic carbocycles. The van der Waals surface area contributed by atoms with E-state index < -0.39 is 17.8 Å². The van der Waals surface area contributed by atoms with E-state index in [1.165, 1.54) is 29.2 Å². The van der Waals surface area contributed by atoms with Crippen LogP contribution < -0.4 is 10.1 Å². The van der Waals surface area contributed by atoms with E-state index in [-0.39, 0.29) is 34.4 Å². The van der Waals surface area contributed by atoms with Gasteiger partial charge in [0.2, 0.25) is 0 Å². The smallest absolute Gasteiger partial charge is 0.335 e. The van der Waals surface area contributed by atoms with Crippen molar-refractivity contribution >= 4 is 68.7 Å². The molecule has 0 atom stereocenters. The highest BCUT2D eigenvalue weighted by Gasteiger charge is 2.32. The second-order valence-corrected chi connectivity index (χ2v) is 8.27. The first-order chi connectivity index (χ1) is 15.2. The van der Waals surface area contributed by atoms with Gasteiger partial charge in [0.1, 0.15) is 12.2 Å². The average molecular weight is 536 g/mol. The topological polar surface area (TPSA) is 95.9 Å². The zero-order valence-electron chi connectivity index (χ0n) is 16.4. The standard InChI is InChI=1S/C22H16BrClN2O5S/c1-2-7-26-20(28)15(19(27)25-22(26)32)8-13-9-16(23)18(17(24)10-13)31-11-12-3-5-14(6-4-12)21(29)30/h2-6,8-10H,1,7,11H2,(H,29,30)(H,25,27,32)/b15-8+. The number of carboxylic acids is 1. The number of hydrogen-bond acceptors (Lipinski definition) is 5. The highest BCUT2D eigenvalue weighted by atomic mass is 79.9. The van der Waals surface area contributed by atoms with Crippen LogP contribution in [0.4, 0.5) is 0 Å². The largest absolute Gasteiger partial charge is 0.486 e. The third-order valence-corrected chi connectivity index (χ3v) is 5.61. The Labute approximate surface area is 202 Å². The van der Waals surface area contributed by atoms with Gasteiger partial charge in [-0.3, -0.25) is 19.8 Å². The Kier molecular flexibility index (Phi) is 7.44. The second-order valence-electron chi connectivity index (χ2n) is 6.63. The lowest BCUT2D eigenvalue weighted by molar-refractivity contribution is -0.128. The lowest BCUT2D eigenvalue weighted by atomic mass is 10.1. The minimum atomic E-state index is -1.01. The highest BCUT2D eigenvalue weighted by molar-refractivity contribution is 9.10. The molecule has 1 heterocycles. The van der Waals surface area contributed by atoms with E-state index >= 15 is 0 Å². The van der Waals surface area contributed by atoms with Crippen molar-refractivity contribution in [3.63, 3.8) is 0 Å². The Morgan fingerprint density at radius 2 is 1.97 bits per heavy atom. The minimum absolute atomic E-state index is 0.0244. The maximum Gasteiger partial charge on any atom is 0.335 e. The predicted molar refractivity (Wildman–Crippen MR) is 128 cm³/mol. The number of thiocarbonyl (C=S) groups is 1. The number of benzene rings is 2. The molecule has 164 valence electrons. The molecule has 0 aliphatic carbocycles. The van der Waals surface area contributed by atoms with E-state index in [0.717, 1.165) is 5.56 Å². The number of nitrogens with one attached hydrogen (secondary N) is 1. The van der Waals surface area contributed by atoms with Crippen LogP contribution in [0.15, 0.2) is 59.1 Å². The summed E-state index contributed by atoms with van der Waals surface area (Å²) in [6, 6.07) is 9.50. The van der Waals surface area contributed by atoms with Gasteiger partial charge in [-0.25, -0.2) is 4.79 Å². The van der Waals surface area contributed by atoms with Crippen molar-refractivity contribution in [2.45, 2.75) is 6.61 Å². The molecule has 0 unspecified atom stereocenters. The van der Waals surface area contributed by atoms with Gasteiger partial charge in [-0.1, -0.05) is 29.8 Å². The van der Waals surface area contributed by atoms with Gasteiger partial charge in [-0.15, -0.1) is 6.58 Å². The van der Waals surface area contributed by atoms with Crippen molar-refractivity contribution in [2.24, 2.45) is 0 Å². The fourth-order valence-electron chi connectivity index (χ4n) is 2.86. The molecule has 1 saturated heterocycles. The first-order valence-electron chi connectivity index (χ1n) is 9.15. The number of halogens is 2. The van der Waals surface area contributed by atoms with Gasteiger partial charge < -0.3 is 9.84 Å². The van der Waals surface area contributed by atoms with Crippen LogP contribution in [0, 0.1) is 0 Å². The molecule has 1 fully saturated rings. The number of ether oxygens (including phenoxy) is 1. The van der Waals surface area contributed by atoms with Crippen LogP contribution in [0.3, 0.4) is 0 Å². The van der Waals surface area contributed by atoms with Crippen molar-refractivity contribution in [1.29, 1.82) is 0 Å². The molecule has 3 rings (SSSR count). The van der Waals surface area contributed by atoms with Crippen LogP contribution in [-0.2, 0) is 16.2 Å². The highest BCUT2D eigenvalue weighted by Crippen LogP contribution is 2.36. The lowest BCUT2D eigenvalue weighted by Gasteiger charge is -2.27. The summed E-state index contributed by atoms with van der Waals surface area (Å²) in [4.78, 5) is 37.1. The van der Waals surface area contributed by atoms with E-state index in [0.29, 0.717) is 15.8 Å². The number of nitrogens with zero attached hydrogens (tertiary/aromatic N) is 1. The number of carbonyl (C=O) groups excluding carboxylic acids is 2. The molecule has 2 N–H and O–H groups in total. The summed E-state index contributed by atoms with van der Waals surface area (Å²) in [6.07, 6.45) is 2.93. The summed E-state index contributed by atoms with van der Waals surface area (Å²) in [5, 5.41) is 11.7. The van der Waals surface area contributed by atoms with Gasteiger partial charge in [0.15, 0.2) is 10.9 Å². The maximum absolute atomic E-state index is 12.7. The van der Waals surface area contributed by atoms with Crippen LogP contribution >= 0.6 is 39.7 Å². The maximum atomic E-state index is 12.7. The van der Waals surface area contributed by atoms with Crippen molar-refractivity contribution in [2.75, 3.05) is 6.54 Å². The van der Waals surface area contributed by atoms with E-state index in [9.17, 15) is 14.4 Å². The van der Waals surface area contributed by atoms with Gasteiger partial charge in [0, 0.05) is 6.54 Å². The Hall–Kier alpha value is -3.01. The Morgan fingerprint density at radius 3 is 2.56 bits per heavy atom. The number of carbonyl (C=O) groups is 3. The quantitative estimate of drug-likeness (QED) is 0.239. The van der Waals surface area contributed by atoms with Gasteiger partial charge in [-0.2, -0.15) is 0 Å². The molecule has 2 amide bonds. The van der Waals surface area contributed by atoms with Crippen molar-refractivity contribution in [3.05, 3.63) is 80.8 Å². The third kappa shape index (κ3) is 5.24. The molecular weight excluding hydrogens is 520 g/mol. The number of aromatic carboxylic acids is 1. The van der Waals surface area contributed by atoms with Gasteiger partial charge in [0.05, 0.1) is 15.1 Å². The second kappa shape index (κ2) is 10.1. The van der Waals surface area contributed by atoms with Crippen LogP contribution in [0.25, 0.3) is 6.08 Å². The van der Waals surface area contributed by atoms with E-state index in [1.807, 2.05) is 0 Å². The summed E-state index contributed by atoms with van der Waals surface area (Å²) in [7, 11) is 0. The van der Waals surface area contributed by atoms with E-state index in [4.69, 9.17) is 33.7 Å². The van der Waals surface area contributed by atoms with Crippen LogP contribution in [-0.4, -0.2) is 39.4 Å². The molecular formula is C22H16BrClN2O5S. The summed E-state index contributed by atoms with van der Waals surface area (Å²) in [5.41, 5.74) is 1.35.